The summed E-state index contributed by atoms with van der Waals surface area (Å²) in [5.41, 5.74) is 2.85. The zero-order valence-corrected chi connectivity index (χ0v) is 14.6. The van der Waals surface area contributed by atoms with Gasteiger partial charge in [-0.05, 0) is 30.4 Å². The molecule has 0 spiro atoms. The summed E-state index contributed by atoms with van der Waals surface area (Å²) in [5.74, 6) is 1.28. The number of sulfone groups is 1. The first-order valence-electron chi connectivity index (χ1n) is 7.85. The number of nitrogens with zero attached hydrogens (tertiary/aromatic N) is 3. The van der Waals surface area contributed by atoms with Gasteiger partial charge in [-0.2, -0.15) is 0 Å². The molecule has 1 fully saturated rings. The lowest BCUT2D eigenvalue weighted by atomic mass is 10.1. The predicted molar refractivity (Wildman–Crippen MR) is 90.5 cm³/mol. The van der Waals surface area contributed by atoms with Crippen LogP contribution in [0.2, 0.25) is 0 Å². The van der Waals surface area contributed by atoms with Gasteiger partial charge in [0.1, 0.15) is 5.82 Å². The largest absolute Gasteiger partial charge is 0.309 e. The van der Waals surface area contributed by atoms with Crippen molar-refractivity contribution in [3.63, 3.8) is 0 Å². The van der Waals surface area contributed by atoms with Crippen LogP contribution in [-0.4, -0.2) is 39.9 Å². The zero-order valence-electron chi connectivity index (χ0n) is 13.0. The average Bonchev–Trinajstić information content (AvgIpc) is 3.17. The monoisotopic (exact) mass is 349 g/mol. The van der Waals surface area contributed by atoms with E-state index in [4.69, 9.17) is 0 Å². The molecule has 122 valence electrons. The molecule has 1 aliphatic carbocycles. The summed E-state index contributed by atoms with van der Waals surface area (Å²) in [6.45, 7) is 0. The summed E-state index contributed by atoms with van der Waals surface area (Å²) >= 11 is 1.75. The number of benzene rings is 1. The zero-order chi connectivity index (χ0) is 16.0. The molecule has 5 nitrogen and oxygen atoms in total. The molecule has 23 heavy (non-hydrogen) atoms. The molecular weight excluding hydrogens is 330 g/mol. The maximum atomic E-state index is 11.7. The molecule has 0 bridgehead atoms. The van der Waals surface area contributed by atoms with E-state index in [0.29, 0.717) is 11.7 Å². The van der Waals surface area contributed by atoms with E-state index in [1.165, 1.54) is 11.1 Å². The summed E-state index contributed by atoms with van der Waals surface area (Å²) in [5, 5.41) is 9.97. The fourth-order valence-corrected chi connectivity index (χ4v) is 6.44. The Morgan fingerprint density at radius 2 is 1.87 bits per heavy atom. The molecule has 0 saturated carbocycles. The van der Waals surface area contributed by atoms with Crippen molar-refractivity contribution in [1.29, 1.82) is 0 Å². The maximum Gasteiger partial charge on any atom is 0.191 e. The molecule has 2 aromatic rings. The summed E-state index contributed by atoms with van der Waals surface area (Å²) in [6.07, 6.45) is 2.77. The first kappa shape index (κ1) is 15.2. The second-order valence-electron chi connectivity index (χ2n) is 6.42. The van der Waals surface area contributed by atoms with Gasteiger partial charge in [0, 0.05) is 18.2 Å². The molecule has 0 unspecified atom stereocenters. The highest BCUT2D eigenvalue weighted by molar-refractivity contribution is 7.99. The summed E-state index contributed by atoms with van der Waals surface area (Å²) in [7, 11) is -0.949. The topological polar surface area (TPSA) is 64.8 Å². The van der Waals surface area contributed by atoms with Gasteiger partial charge in [-0.15, -0.1) is 10.2 Å². The van der Waals surface area contributed by atoms with Gasteiger partial charge in [0.05, 0.1) is 11.5 Å². The van der Waals surface area contributed by atoms with Crippen LogP contribution in [0.5, 0.6) is 0 Å². The molecule has 1 aromatic heterocycles. The van der Waals surface area contributed by atoms with Crippen molar-refractivity contribution in [2.45, 2.75) is 35.6 Å². The number of hydrogen-bond donors (Lipinski definition) is 0. The smallest absolute Gasteiger partial charge is 0.191 e. The van der Waals surface area contributed by atoms with Crippen LogP contribution in [0.3, 0.4) is 0 Å². The van der Waals surface area contributed by atoms with Gasteiger partial charge < -0.3 is 4.57 Å². The summed E-state index contributed by atoms with van der Waals surface area (Å²) < 4.78 is 25.3. The van der Waals surface area contributed by atoms with Crippen molar-refractivity contribution in [2.75, 3.05) is 11.5 Å². The van der Waals surface area contributed by atoms with Gasteiger partial charge in [0.2, 0.25) is 0 Å². The van der Waals surface area contributed by atoms with Crippen LogP contribution in [0.1, 0.15) is 29.3 Å². The summed E-state index contributed by atoms with van der Waals surface area (Å²) in [6, 6.07) is 8.57. The van der Waals surface area contributed by atoms with Crippen molar-refractivity contribution in [1.82, 2.24) is 14.8 Å². The van der Waals surface area contributed by atoms with E-state index in [2.05, 4.69) is 34.5 Å². The van der Waals surface area contributed by atoms with Gasteiger partial charge in [-0.25, -0.2) is 8.42 Å². The third-order valence-corrected chi connectivity index (χ3v) is 7.75. The van der Waals surface area contributed by atoms with Crippen LogP contribution in [-0.2, 0) is 29.7 Å². The fourth-order valence-electron chi connectivity index (χ4n) is 3.53. The van der Waals surface area contributed by atoms with Crippen molar-refractivity contribution in [3.8, 4) is 0 Å². The van der Waals surface area contributed by atoms with E-state index in [-0.39, 0.29) is 17.4 Å². The van der Waals surface area contributed by atoms with Gasteiger partial charge in [0.25, 0.3) is 0 Å². The molecular formula is C16H19N3O2S2. The molecule has 7 heteroatoms. The van der Waals surface area contributed by atoms with Crippen molar-refractivity contribution in [3.05, 3.63) is 41.2 Å². The number of rotatable bonds is 3. The Hall–Kier alpha value is -1.34. The van der Waals surface area contributed by atoms with Crippen LogP contribution in [0.25, 0.3) is 0 Å². The van der Waals surface area contributed by atoms with E-state index in [0.717, 1.165) is 23.8 Å². The van der Waals surface area contributed by atoms with Gasteiger partial charge in [-0.3, -0.25) is 0 Å². The summed E-state index contributed by atoms with van der Waals surface area (Å²) in [4.78, 5) is 0. The molecule has 1 aliphatic heterocycles. The van der Waals surface area contributed by atoms with Gasteiger partial charge in [-0.1, -0.05) is 36.0 Å². The Kier molecular flexibility index (Phi) is 3.72. The lowest BCUT2D eigenvalue weighted by molar-refractivity contribution is 0.599. The molecule has 1 aromatic carbocycles. The second kappa shape index (κ2) is 5.63. The van der Waals surface area contributed by atoms with E-state index >= 15 is 0 Å². The maximum absolute atomic E-state index is 11.7. The third kappa shape index (κ3) is 2.92. The normalized spacial score (nSPS) is 23.3. The Morgan fingerprint density at radius 1 is 1.17 bits per heavy atom. The average molecular weight is 349 g/mol. The molecule has 2 heterocycles. The highest BCUT2D eigenvalue weighted by Crippen LogP contribution is 2.35. The molecule has 2 aliphatic rings. The number of aromatic nitrogens is 3. The predicted octanol–water partition coefficient (Wildman–Crippen LogP) is 1.98. The lowest BCUT2D eigenvalue weighted by Gasteiger charge is -2.10. The van der Waals surface area contributed by atoms with Crippen LogP contribution < -0.4 is 0 Å². The standard InChI is InChI=1S/C16H19N3O2S2/c1-19-15(13-6-7-23(20,21)10-13)17-18-16(19)22-14-8-11-4-2-3-5-12(11)9-14/h2-5,13-14H,6-10H2,1H3/t13-/m0/s1. The Morgan fingerprint density at radius 3 is 2.48 bits per heavy atom. The molecule has 0 amide bonds. The minimum atomic E-state index is -2.90. The number of thioether (sulfide) groups is 1. The van der Waals surface area contributed by atoms with Gasteiger partial charge >= 0.3 is 0 Å². The van der Waals surface area contributed by atoms with Crippen LogP contribution >= 0.6 is 11.8 Å². The van der Waals surface area contributed by atoms with E-state index < -0.39 is 9.84 Å². The molecule has 1 saturated heterocycles. The quantitative estimate of drug-likeness (QED) is 0.848. The number of fused-ring (bicyclic) bond motifs is 1. The van der Waals surface area contributed by atoms with Gasteiger partial charge in [0.15, 0.2) is 15.0 Å². The molecule has 4 rings (SSSR count). The first-order chi connectivity index (χ1) is 11.0. The third-order valence-electron chi connectivity index (χ3n) is 4.75. The first-order valence-corrected chi connectivity index (χ1v) is 10.5. The highest BCUT2D eigenvalue weighted by atomic mass is 32.2. The minimum Gasteiger partial charge on any atom is -0.309 e. The minimum absolute atomic E-state index is 0.00683. The van der Waals surface area contributed by atoms with Crippen molar-refractivity contribution < 1.29 is 8.42 Å². The highest BCUT2D eigenvalue weighted by Gasteiger charge is 2.33. The molecule has 0 N–H and O–H groups in total. The van der Waals surface area contributed by atoms with Crippen molar-refractivity contribution >= 4 is 21.6 Å². The van der Waals surface area contributed by atoms with E-state index in [9.17, 15) is 8.42 Å². The van der Waals surface area contributed by atoms with E-state index in [1.54, 1.807) is 11.8 Å². The Labute approximate surface area is 140 Å². The fraction of sp³-hybridized carbons (Fsp3) is 0.500. The van der Waals surface area contributed by atoms with Crippen LogP contribution in [0.15, 0.2) is 29.4 Å². The Balaban J connectivity index is 1.49. The molecule has 1 atom stereocenters. The van der Waals surface area contributed by atoms with Crippen LogP contribution in [0, 0.1) is 0 Å². The van der Waals surface area contributed by atoms with Crippen molar-refractivity contribution in [2.24, 2.45) is 7.05 Å². The Bertz CT molecular complexity index is 820. The molecule has 0 radical (unpaired) electrons. The van der Waals surface area contributed by atoms with E-state index in [1.807, 2.05) is 11.6 Å². The van der Waals surface area contributed by atoms with Crippen LogP contribution in [0.4, 0.5) is 0 Å². The lowest BCUT2D eigenvalue weighted by Crippen LogP contribution is -2.10. The number of hydrogen-bond acceptors (Lipinski definition) is 5. The SMILES string of the molecule is Cn1c(SC2Cc3ccccc3C2)nnc1[C@H]1CCS(=O)(=O)C1. The second-order valence-corrected chi connectivity index (χ2v) is 9.91.